The van der Waals surface area contributed by atoms with E-state index in [1.54, 1.807) is 6.92 Å². The Morgan fingerprint density at radius 1 is 1.30 bits per heavy atom. The van der Waals surface area contributed by atoms with Gasteiger partial charge >= 0.3 is 5.97 Å². The van der Waals surface area contributed by atoms with E-state index in [4.69, 9.17) is 4.74 Å². The predicted molar refractivity (Wildman–Crippen MR) is 82.5 cm³/mol. The van der Waals surface area contributed by atoms with Crippen molar-refractivity contribution >= 4 is 28.2 Å². The molecule has 0 saturated heterocycles. The minimum atomic E-state index is -0.368. The predicted octanol–water partition coefficient (Wildman–Crippen LogP) is 3.92. The summed E-state index contributed by atoms with van der Waals surface area (Å²) in [5.74, 6) is -0.468. The van der Waals surface area contributed by atoms with Crippen LogP contribution in [0.4, 0.5) is 5.00 Å². The molecule has 0 aliphatic carbocycles. The zero-order valence-electron chi connectivity index (χ0n) is 12.8. The van der Waals surface area contributed by atoms with Crippen LogP contribution < -0.4 is 5.32 Å². The molecule has 0 aliphatic rings. The van der Waals surface area contributed by atoms with Gasteiger partial charge < -0.3 is 10.1 Å². The maximum absolute atomic E-state index is 12.1. The molecule has 0 fully saturated rings. The molecule has 0 aromatic carbocycles. The van der Waals surface area contributed by atoms with Crippen LogP contribution in [0.1, 0.15) is 54.4 Å². The van der Waals surface area contributed by atoms with Gasteiger partial charge in [-0.1, -0.05) is 20.3 Å². The van der Waals surface area contributed by atoms with Gasteiger partial charge in [-0.3, -0.25) is 4.79 Å². The number of carbonyl (C=O) groups excluding carboxylic acids is 2. The number of ether oxygens (including phenoxy) is 1. The molecule has 0 saturated carbocycles. The van der Waals surface area contributed by atoms with Crippen molar-refractivity contribution in [3.05, 3.63) is 16.0 Å². The summed E-state index contributed by atoms with van der Waals surface area (Å²) in [6.07, 6.45) is 1.80. The normalized spacial score (nSPS) is 12.1. The Kier molecular flexibility index (Phi) is 6.20. The maximum atomic E-state index is 12.1. The summed E-state index contributed by atoms with van der Waals surface area (Å²) >= 11 is 1.43. The first-order valence-electron chi connectivity index (χ1n) is 7.00. The number of hydrogen-bond acceptors (Lipinski definition) is 4. The van der Waals surface area contributed by atoms with Crippen molar-refractivity contribution in [3.8, 4) is 0 Å². The van der Waals surface area contributed by atoms with E-state index in [0.717, 1.165) is 23.3 Å². The molecule has 1 aromatic rings. The quantitative estimate of drug-likeness (QED) is 0.810. The first-order valence-corrected chi connectivity index (χ1v) is 7.81. The van der Waals surface area contributed by atoms with Crippen LogP contribution in [-0.4, -0.2) is 18.5 Å². The Hall–Kier alpha value is -1.36. The van der Waals surface area contributed by atoms with Crippen LogP contribution in [0.5, 0.6) is 0 Å². The second kappa shape index (κ2) is 7.43. The van der Waals surface area contributed by atoms with Crippen molar-refractivity contribution in [1.29, 1.82) is 0 Å². The lowest BCUT2D eigenvalue weighted by atomic mass is 10.1. The average molecular weight is 297 g/mol. The van der Waals surface area contributed by atoms with Gasteiger partial charge in [0.05, 0.1) is 12.2 Å². The highest BCUT2D eigenvalue weighted by Gasteiger charge is 2.23. The highest BCUT2D eigenvalue weighted by molar-refractivity contribution is 7.16. The van der Waals surface area contributed by atoms with E-state index in [2.05, 4.69) is 5.32 Å². The lowest BCUT2D eigenvalue weighted by Gasteiger charge is -2.11. The van der Waals surface area contributed by atoms with Crippen molar-refractivity contribution < 1.29 is 14.3 Å². The van der Waals surface area contributed by atoms with Gasteiger partial charge in [-0.25, -0.2) is 4.79 Å². The summed E-state index contributed by atoms with van der Waals surface area (Å²) in [6, 6.07) is 0. The van der Waals surface area contributed by atoms with Gasteiger partial charge in [0, 0.05) is 10.8 Å². The molecule has 0 radical (unpaired) electrons. The lowest BCUT2D eigenvalue weighted by molar-refractivity contribution is -0.119. The summed E-state index contributed by atoms with van der Waals surface area (Å²) in [6.45, 7) is 9.86. The molecule has 1 amide bonds. The lowest BCUT2D eigenvalue weighted by Crippen LogP contribution is -2.21. The summed E-state index contributed by atoms with van der Waals surface area (Å²) in [4.78, 5) is 25.1. The molecule has 0 aliphatic heterocycles. The fourth-order valence-corrected chi connectivity index (χ4v) is 3.01. The van der Waals surface area contributed by atoms with Gasteiger partial charge in [0.15, 0.2) is 0 Å². The molecular weight excluding hydrogens is 274 g/mol. The number of anilines is 1. The van der Waals surface area contributed by atoms with Crippen LogP contribution in [0.25, 0.3) is 0 Å². The molecule has 1 rings (SSSR count). The van der Waals surface area contributed by atoms with E-state index in [0.29, 0.717) is 17.2 Å². The van der Waals surface area contributed by atoms with Gasteiger partial charge in [-0.05, 0) is 32.8 Å². The van der Waals surface area contributed by atoms with Crippen molar-refractivity contribution in [2.45, 2.75) is 47.5 Å². The summed E-state index contributed by atoms with van der Waals surface area (Å²) in [7, 11) is 0. The number of carbonyl (C=O) groups is 2. The fraction of sp³-hybridized carbons (Fsp3) is 0.600. The largest absolute Gasteiger partial charge is 0.462 e. The molecule has 5 heteroatoms. The number of nitrogens with one attached hydrogen (secondary N) is 1. The molecule has 4 nitrogen and oxygen atoms in total. The van der Waals surface area contributed by atoms with Gasteiger partial charge in [0.1, 0.15) is 5.00 Å². The highest BCUT2D eigenvalue weighted by Crippen LogP contribution is 2.33. The Morgan fingerprint density at radius 2 is 1.95 bits per heavy atom. The van der Waals surface area contributed by atoms with E-state index < -0.39 is 0 Å². The molecular formula is C15H23NO3S. The molecule has 0 spiro atoms. The van der Waals surface area contributed by atoms with Gasteiger partial charge in [-0.2, -0.15) is 0 Å². The van der Waals surface area contributed by atoms with E-state index in [-0.39, 0.29) is 17.8 Å². The zero-order valence-corrected chi connectivity index (χ0v) is 13.6. The van der Waals surface area contributed by atoms with Crippen molar-refractivity contribution in [2.75, 3.05) is 11.9 Å². The van der Waals surface area contributed by atoms with Crippen LogP contribution in [0.3, 0.4) is 0 Å². The smallest absolute Gasteiger partial charge is 0.341 e. The van der Waals surface area contributed by atoms with E-state index in [9.17, 15) is 9.59 Å². The molecule has 20 heavy (non-hydrogen) atoms. The van der Waals surface area contributed by atoms with Crippen molar-refractivity contribution in [1.82, 2.24) is 0 Å². The number of hydrogen-bond donors (Lipinski definition) is 1. The number of rotatable bonds is 6. The van der Waals surface area contributed by atoms with Crippen molar-refractivity contribution in [3.63, 3.8) is 0 Å². The fourth-order valence-electron chi connectivity index (χ4n) is 1.96. The monoisotopic (exact) mass is 297 g/mol. The Morgan fingerprint density at radius 3 is 2.50 bits per heavy atom. The minimum absolute atomic E-state index is 0.0429. The Bertz CT molecular complexity index is 494. The van der Waals surface area contributed by atoms with Crippen LogP contribution in [0, 0.1) is 19.8 Å². The Labute approximate surface area is 124 Å². The van der Waals surface area contributed by atoms with E-state index in [1.165, 1.54) is 11.3 Å². The zero-order chi connectivity index (χ0) is 15.3. The third kappa shape index (κ3) is 3.82. The molecule has 1 unspecified atom stereocenters. The first kappa shape index (κ1) is 16.7. The van der Waals surface area contributed by atoms with E-state index >= 15 is 0 Å². The minimum Gasteiger partial charge on any atom is -0.462 e. The van der Waals surface area contributed by atoms with Crippen LogP contribution in [0.15, 0.2) is 0 Å². The first-order chi connectivity index (χ1) is 9.42. The topological polar surface area (TPSA) is 55.4 Å². The number of aryl methyl sites for hydroxylation is 1. The van der Waals surface area contributed by atoms with Gasteiger partial charge in [-0.15, -0.1) is 11.3 Å². The van der Waals surface area contributed by atoms with E-state index in [1.807, 2.05) is 27.7 Å². The summed E-state index contributed by atoms with van der Waals surface area (Å²) in [5, 5.41) is 3.48. The molecule has 0 bridgehead atoms. The van der Waals surface area contributed by atoms with Gasteiger partial charge in [0.2, 0.25) is 5.91 Å². The molecule has 1 heterocycles. The molecule has 1 aromatic heterocycles. The maximum Gasteiger partial charge on any atom is 0.341 e. The second-order valence-corrected chi connectivity index (χ2v) is 6.11. The van der Waals surface area contributed by atoms with Crippen LogP contribution in [-0.2, 0) is 9.53 Å². The summed E-state index contributed by atoms with van der Waals surface area (Å²) in [5.41, 5.74) is 1.37. The summed E-state index contributed by atoms with van der Waals surface area (Å²) < 4.78 is 5.07. The standard InChI is InChI=1S/C15H23NO3S/c1-6-8-9(3)13(17)16-14-12(15(18)19-7-2)10(4)11(5)20-14/h9H,6-8H2,1-5H3,(H,16,17). The van der Waals surface area contributed by atoms with Crippen molar-refractivity contribution in [2.24, 2.45) is 5.92 Å². The molecule has 112 valence electrons. The van der Waals surface area contributed by atoms with Crippen LogP contribution >= 0.6 is 11.3 Å². The third-order valence-corrected chi connectivity index (χ3v) is 4.39. The average Bonchev–Trinajstić information content (AvgIpc) is 2.65. The number of amides is 1. The van der Waals surface area contributed by atoms with Gasteiger partial charge in [0.25, 0.3) is 0 Å². The number of esters is 1. The second-order valence-electron chi connectivity index (χ2n) is 4.89. The van der Waals surface area contributed by atoms with Crippen LogP contribution in [0.2, 0.25) is 0 Å². The third-order valence-electron chi connectivity index (χ3n) is 3.27. The Balaban J connectivity index is 2.98. The highest BCUT2D eigenvalue weighted by atomic mass is 32.1. The number of thiophene rings is 1. The SMILES string of the molecule is CCCC(C)C(=O)Nc1sc(C)c(C)c1C(=O)OCC. The molecule has 1 N–H and O–H groups in total. The molecule has 1 atom stereocenters.